The zero-order chi connectivity index (χ0) is 22.9. The van der Waals surface area contributed by atoms with Crippen LogP contribution in [-0.2, 0) is 14.8 Å². The van der Waals surface area contributed by atoms with Crippen LogP contribution < -0.4 is 5.14 Å². The summed E-state index contributed by atoms with van der Waals surface area (Å²) in [5, 5.41) is 5.02. The molecule has 0 radical (unpaired) electrons. The van der Waals surface area contributed by atoms with Crippen LogP contribution in [-0.4, -0.2) is 31.3 Å². The fourth-order valence-electron chi connectivity index (χ4n) is 3.24. The molecule has 0 saturated carbocycles. The third-order valence-corrected chi connectivity index (χ3v) is 5.83. The van der Waals surface area contributed by atoms with E-state index in [1.54, 1.807) is 43.5 Å². The van der Waals surface area contributed by atoms with Crippen molar-refractivity contribution in [1.29, 1.82) is 0 Å². The van der Waals surface area contributed by atoms with E-state index in [0.717, 1.165) is 5.69 Å². The van der Waals surface area contributed by atoms with Crippen LogP contribution in [0, 0.1) is 26.6 Å². The van der Waals surface area contributed by atoms with Gasteiger partial charge in [0.05, 0.1) is 10.5 Å². The summed E-state index contributed by atoms with van der Waals surface area (Å²) in [5.74, 6) is -1.54. The Balaban J connectivity index is 1.75. The number of nitrogens with two attached hydrogens (primary N) is 1. The molecule has 0 aliphatic heterocycles. The van der Waals surface area contributed by atoms with Gasteiger partial charge in [-0.05, 0) is 68.8 Å². The second-order valence-corrected chi connectivity index (χ2v) is 8.68. The van der Waals surface area contributed by atoms with E-state index in [0.29, 0.717) is 22.5 Å². The first-order valence-electron chi connectivity index (χ1n) is 9.27. The van der Waals surface area contributed by atoms with Crippen molar-refractivity contribution in [2.45, 2.75) is 25.7 Å². The van der Waals surface area contributed by atoms with E-state index in [4.69, 9.17) is 9.88 Å². The Morgan fingerprint density at radius 2 is 1.68 bits per heavy atom. The van der Waals surface area contributed by atoms with Gasteiger partial charge in [0.2, 0.25) is 15.8 Å². The molecule has 0 amide bonds. The molecule has 9 heteroatoms. The first-order chi connectivity index (χ1) is 14.5. The van der Waals surface area contributed by atoms with E-state index in [2.05, 4.69) is 0 Å². The number of nitrogens with zero attached hydrogens (tertiary/aromatic N) is 1. The molecule has 0 unspecified atom stereocenters. The summed E-state index contributed by atoms with van der Waals surface area (Å²) < 4.78 is 43.4. The highest BCUT2D eigenvalue weighted by molar-refractivity contribution is 7.89. The van der Waals surface area contributed by atoms with E-state index >= 15 is 0 Å². The number of carbonyl (C=O) groups is 2. The van der Waals surface area contributed by atoms with Gasteiger partial charge in [-0.1, -0.05) is 6.07 Å². The molecule has 3 aromatic rings. The van der Waals surface area contributed by atoms with Crippen molar-refractivity contribution in [3.05, 3.63) is 82.4 Å². The molecular weight excluding hydrogens is 423 g/mol. The number of carbonyl (C=O) groups excluding carboxylic acids is 2. The molecule has 0 aliphatic rings. The number of Topliss-reactive ketones (excluding diaryl/α,β-unsaturated/α-hetero) is 1. The standard InChI is InChI=1S/C22H21FN2O5S/c1-13-4-7-17(11-20(13)23)25-14(2)10-19(15(25)3)21(26)12-30-22(27)16-5-8-18(9-6-16)31(24,28)29/h4-11H,12H2,1-3H3,(H2,24,28,29). The van der Waals surface area contributed by atoms with Gasteiger partial charge in [-0.3, -0.25) is 4.79 Å². The van der Waals surface area contributed by atoms with Crippen LogP contribution in [0.15, 0.2) is 53.4 Å². The van der Waals surface area contributed by atoms with E-state index in [1.165, 1.54) is 30.3 Å². The lowest BCUT2D eigenvalue weighted by atomic mass is 10.1. The fourth-order valence-corrected chi connectivity index (χ4v) is 3.75. The quantitative estimate of drug-likeness (QED) is 0.464. The molecule has 0 bridgehead atoms. The van der Waals surface area contributed by atoms with Crippen LogP contribution in [0.5, 0.6) is 0 Å². The SMILES string of the molecule is Cc1ccc(-n2c(C)cc(C(=O)COC(=O)c3ccc(S(N)(=O)=O)cc3)c2C)cc1F. The Hall–Kier alpha value is -3.30. The summed E-state index contributed by atoms with van der Waals surface area (Å²) in [6.07, 6.45) is 0. The van der Waals surface area contributed by atoms with Gasteiger partial charge in [0.15, 0.2) is 6.61 Å². The number of hydrogen-bond acceptors (Lipinski definition) is 5. The number of ketones is 1. The highest BCUT2D eigenvalue weighted by atomic mass is 32.2. The maximum absolute atomic E-state index is 14.0. The summed E-state index contributed by atoms with van der Waals surface area (Å²) in [4.78, 5) is 24.7. The van der Waals surface area contributed by atoms with E-state index in [9.17, 15) is 22.4 Å². The number of primary sulfonamides is 1. The number of sulfonamides is 1. The monoisotopic (exact) mass is 444 g/mol. The topological polar surface area (TPSA) is 108 Å². The largest absolute Gasteiger partial charge is 0.454 e. The number of aryl methyl sites for hydroxylation is 2. The molecule has 1 aromatic heterocycles. The smallest absolute Gasteiger partial charge is 0.338 e. The molecule has 0 atom stereocenters. The number of rotatable bonds is 6. The van der Waals surface area contributed by atoms with Crippen molar-refractivity contribution in [2.75, 3.05) is 6.61 Å². The number of esters is 1. The van der Waals surface area contributed by atoms with Gasteiger partial charge in [-0.2, -0.15) is 0 Å². The van der Waals surface area contributed by atoms with E-state index in [1.807, 2.05) is 0 Å². The average molecular weight is 444 g/mol. The Kier molecular flexibility index (Phi) is 6.10. The zero-order valence-electron chi connectivity index (χ0n) is 17.2. The molecule has 0 fully saturated rings. The third-order valence-electron chi connectivity index (χ3n) is 4.90. The van der Waals surface area contributed by atoms with Crippen molar-refractivity contribution in [3.63, 3.8) is 0 Å². The molecule has 162 valence electrons. The van der Waals surface area contributed by atoms with Crippen molar-refractivity contribution in [3.8, 4) is 5.69 Å². The van der Waals surface area contributed by atoms with Crippen molar-refractivity contribution >= 4 is 21.8 Å². The molecule has 0 spiro atoms. The van der Waals surface area contributed by atoms with Crippen molar-refractivity contribution in [2.24, 2.45) is 5.14 Å². The van der Waals surface area contributed by atoms with Crippen LogP contribution in [0.3, 0.4) is 0 Å². The van der Waals surface area contributed by atoms with Gasteiger partial charge < -0.3 is 9.30 Å². The van der Waals surface area contributed by atoms with Gasteiger partial charge in [0, 0.05) is 22.6 Å². The van der Waals surface area contributed by atoms with E-state index in [-0.39, 0.29) is 16.3 Å². The van der Waals surface area contributed by atoms with Gasteiger partial charge in [-0.25, -0.2) is 22.7 Å². The summed E-state index contributed by atoms with van der Waals surface area (Å²) in [7, 11) is -3.87. The average Bonchev–Trinajstić information content (AvgIpc) is 3.01. The summed E-state index contributed by atoms with van der Waals surface area (Å²) in [6, 6.07) is 11.4. The fraction of sp³-hybridized carbons (Fsp3) is 0.182. The molecular formula is C22H21FN2O5S. The Morgan fingerprint density at radius 3 is 2.26 bits per heavy atom. The lowest BCUT2D eigenvalue weighted by Crippen LogP contribution is -2.16. The minimum atomic E-state index is -3.87. The maximum atomic E-state index is 14.0. The molecule has 3 rings (SSSR count). The summed E-state index contributed by atoms with van der Waals surface area (Å²) in [5.41, 5.74) is 2.88. The predicted molar refractivity (Wildman–Crippen MR) is 112 cm³/mol. The summed E-state index contributed by atoms with van der Waals surface area (Å²) >= 11 is 0. The normalized spacial score (nSPS) is 11.4. The zero-order valence-corrected chi connectivity index (χ0v) is 18.0. The maximum Gasteiger partial charge on any atom is 0.338 e. The number of ether oxygens (including phenoxy) is 1. The van der Waals surface area contributed by atoms with E-state index < -0.39 is 28.4 Å². The molecule has 1 heterocycles. The lowest BCUT2D eigenvalue weighted by molar-refractivity contribution is 0.0474. The molecule has 2 aromatic carbocycles. The molecule has 31 heavy (non-hydrogen) atoms. The second-order valence-electron chi connectivity index (χ2n) is 7.12. The van der Waals surface area contributed by atoms with Gasteiger partial charge in [0.1, 0.15) is 5.82 Å². The lowest BCUT2D eigenvalue weighted by Gasteiger charge is -2.11. The molecule has 2 N–H and O–H groups in total. The minimum Gasteiger partial charge on any atom is -0.454 e. The molecule has 0 aliphatic carbocycles. The van der Waals surface area contributed by atoms with Crippen LogP contribution in [0.25, 0.3) is 5.69 Å². The highest BCUT2D eigenvalue weighted by Crippen LogP contribution is 2.23. The Bertz CT molecular complexity index is 1280. The molecule has 0 saturated heterocycles. The number of aromatic nitrogens is 1. The van der Waals surface area contributed by atoms with Crippen LogP contribution >= 0.6 is 0 Å². The van der Waals surface area contributed by atoms with Gasteiger partial charge in [0.25, 0.3) is 0 Å². The van der Waals surface area contributed by atoms with Crippen LogP contribution in [0.4, 0.5) is 4.39 Å². The number of halogens is 1. The highest BCUT2D eigenvalue weighted by Gasteiger charge is 2.19. The Morgan fingerprint density at radius 1 is 1.03 bits per heavy atom. The Labute approximate surface area is 179 Å². The predicted octanol–water partition coefficient (Wildman–Crippen LogP) is 3.23. The van der Waals surface area contributed by atoms with Gasteiger partial charge in [-0.15, -0.1) is 0 Å². The molecule has 7 nitrogen and oxygen atoms in total. The third kappa shape index (κ3) is 4.73. The van der Waals surface area contributed by atoms with Crippen molar-refractivity contribution < 1.29 is 27.1 Å². The van der Waals surface area contributed by atoms with Crippen LogP contribution in [0.2, 0.25) is 0 Å². The first kappa shape index (κ1) is 22.4. The number of hydrogen-bond donors (Lipinski definition) is 1. The van der Waals surface area contributed by atoms with Gasteiger partial charge >= 0.3 is 5.97 Å². The summed E-state index contributed by atoms with van der Waals surface area (Å²) in [6.45, 7) is 4.69. The van der Waals surface area contributed by atoms with Crippen LogP contribution in [0.1, 0.15) is 37.7 Å². The van der Waals surface area contributed by atoms with Crippen molar-refractivity contribution in [1.82, 2.24) is 4.57 Å². The minimum absolute atomic E-state index is 0.0841. The number of benzene rings is 2. The second kappa shape index (κ2) is 8.44. The first-order valence-corrected chi connectivity index (χ1v) is 10.8.